The standard InChI is InChI=1S/C6H8O2.C4H6O4/c1-2-3-4-5-6(7)8;5-3(6)1-2-4(7)8/h2-5H,1H3,(H,7,8);1-2H2,(H,5,6)(H,7,8)/b3-2+,5-4+;. The Morgan fingerprint density at radius 3 is 1.62 bits per heavy atom. The van der Waals surface area contributed by atoms with Crippen molar-refractivity contribution in [3.63, 3.8) is 0 Å². The zero-order valence-corrected chi connectivity index (χ0v) is 8.79. The van der Waals surface area contributed by atoms with Crippen molar-refractivity contribution < 1.29 is 29.7 Å². The first-order valence-corrected chi connectivity index (χ1v) is 4.36. The van der Waals surface area contributed by atoms with Gasteiger partial charge in [-0.25, -0.2) is 4.79 Å². The minimum atomic E-state index is -1.08. The van der Waals surface area contributed by atoms with Gasteiger partial charge in [0.05, 0.1) is 12.8 Å². The van der Waals surface area contributed by atoms with Gasteiger partial charge >= 0.3 is 17.9 Å². The highest BCUT2D eigenvalue weighted by Crippen LogP contribution is 1.86. The Kier molecular flexibility index (Phi) is 11.2. The number of rotatable bonds is 5. The Morgan fingerprint density at radius 2 is 1.38 bits per heavy atom. The molecule has 16 heavy (non-hydrogen) atoms. The van der Waals surface area contributed by atoms with Gasteiger partial charge < -0.3 is 15.3 Å². The molecule has 0 aliphatic carbocycles. The Morgan fingerprint density at radius 1 is 0.938 bits per heavy atom. The van der Waals surface area contributed by atoms with Gasteiger partial charge in [-0.05, 0) is 6.92 Å². The summed E-state index contributed by atoms with van der Waals surface area (Å²) < 4.78 is 0. The second kappa shape index (κ2) is 11.0. The summed E-state index contributed by atoms with van der Waals surface area (Å²) in [5, 5.41) is 23.8. The minimum Gasteiger partial charge on any atom is -0.481 e. The molecule has 0 aromatic rings. The molecule has 6 nitrogen and oxygen atoms in total. The summed E-state index contributed by atoms with van der Waals surface area (Å²) in [5.74, 6) is -3.07. The van der Waals surface area contributed by atoms with E-state index < -0.39 is 17.9 Å². The molecule has 0 radical (unpaired) electrons. The quantitative estimate of drug-likeness (QED) is 0.482. The highest BCUT2D eigenvalue weighted by Gasteiger charge is 2.00. The van der Waals surface area contributed by atoms with Crippen LogP contribution in [0.5, 0.6) is 0 Å². The third-order valence-corrected chi connectivity index (χ3v) is 1.10. The lowest BCUT2D eigenvalue weighted by molar-refractivity contribution is -0.143. The second-order valence-corrected chi connectivity index (χ2v) is 2.51. The van der Waals surface area contributed by atoms with Crippen LogP contribution in [0.25, 0.3) is 0 Å². The van der Waals surface area contributed by atoms with E-state index in [1.54, 1.807) is 12.2 Å². The minimum absolute atomic E-state index is 0.296. The fourth-order valence-electron chi connectivity index (χ4n) is 0.463. The molecule has 0 aliphatic heterocycles. The van der Waals surface area contributed by atoms with E-state index in [1.807, 2.05) is 6.92 Å². The number of allylic oxidation sites excluding steroid dienone is 3. The van der Waals surface area contributed by atoms with Crippen LogP contribution in [-0.4, -0.2) is 33.2 Å². The van der Waals surface area contributed by atoms with Crippen LogP contribution in [0.1, 0.15) is 19.8 Å². The van der Waals surface area contributed by atoms with Crippen LogP contribution in [0, 0.1) is 0 Å². The third-order valence-electron chi connectivity index (χ3n) is 1.10. The van der Waals surface area contributed by atoms with Crippen LogP contribution in [0.4, 0.5) is 0 Å². The van der Waals surface area contributed by atoms with Crippen molar-refractivity contribution in [1.29, 1.82) is 0 Å². The van der Waals surface area contributed by atoms with Crippen molar-refractivity contribution in [2.24, 2.45) is 0 Å². The second-order valence-electron chi connectivity index (χ2n) is 2.51. The van der Waals surface area contributed by atoms with E-state index in [2.05, 4.69) is 0 Å². The molecule has 0 aliphatic rings. The average molecular weight is 230 g/mol. The molecule has 3 N–H and O–H groups in total. The number of carbonyl (C=O) groups is 3. The van der Waals surface area contributed by atoms with E-state index >= 15 is 0 Å². The summed E-state index contributed by atoms with van der Waals surface area (Å²) >= 11 is 0. The number of hydrogen-bond donors (Lipinski definition) is 3. The molecule has 90 valence electrons. The number of carboxylic acid groups (broad SMARTS) is 3. The zero-order valence-electron chi connectivity index (χ0n) is 8.79. The van der Waals surface area contributed by atoms with Gasteiger partial charge in [-0.1, -0.05) is 18.2 Å². The van der Waals surface area contributed by atoms with Crippen LogP contribution < -0.4 is 0 Å². The van der Waals surface area contributed by atoms with Crippen molar-refractivity contribution >= 4 is 17.9 Å². The van der Waals surface area contributed by atoms with E-state index in [1.165, 1.54) is 6.08 Å². The lowest BCUT2D eigenvalue weighted by Gasteiger charge is -1.85. The Hall–Kier alpha value is -2.11. The fraction of sp³-hybridized carbons (Fsp3) is 0.300. The highest BCUT2D eigenvalue weighted by molar-refractivity contribution is 5.80. The van der Waals surface area contributed by atoms with Crippen molar-refractivity contribution in [1.82, 2.24) is 0 Å². The molecule has 0 atom stereocenters. The van der Waals surface area contributed by atoms with Crippen molar-refractivity contribution in [3.8, 4) is 0 Å². The summed E-state index contributed by atoms with van der Waals surface area (Å²) in [4.78, 5) is 29.0. The summed E-state index contributed by atoms with van der Waals surface area (Å²) in [6.07, 6.45) is 5.39. The van der Waals surface area contributed by atoms with E-state index in [0.717, 1.165) is 6.08 Å². The lowest BCUT2D eigenvalue weighted by atomic mass is 10.3. The smallest absolute Gasteiger partial charge is 0.328 e. The predicted octanol–water partition coefficient (Wildman–Crippen LogP) is 1.14. The van der Waals surface area contributed by atoms with Gasteiger partial charge in [0.2, 0.25) is 0 Å². The topological polar surface area (TPSA) is 112 Å². The molecule has 0 fully saturated rings. The van der Waals surface area contributed by atoms with Crippen molar-refractivity contribution in [3.05, 3.63) is 24.3 Å². The van der Waals surface area contributed by atoms with E-state index in [0.29, 0.717) is 0 Å². The Bertz CT molecular complexity index is 276. The molecule has 0 aromatic carbocycles. The first-order chi connectivity index (χ1) is 7.40. The molecule has 0 bridgehead atoms. The number of hydrogen-bond acceptors (Lipinski definition) is 3. The fourth-order valence-corrected chi connectivity index (χ4v) is 0.463. The highest BCUT2D eigenvalue weighted by atomic mass is 16.4. The van der Waals surface area contributed by atoms with Gasteiger partial charge in [-0.15, -0.1) is 0 Å². The molecule has 0 aromatic heterocycles. The monoisotopic (exact) mass is 230 g/mol. The summed E-state index contributed by atoms with van der Waals surface area (Å²) in [6.45, 7) is 1.83. The van der Waals surface area contributed by atoms with Gasteiger partial charge in [-0.3, -0.25) is 9.59 Å². The largest absolute Gasteiger partial charge is 0.481 e. The van der Waals surface area contributed by atoms with Gasteiger partial charge in [-0.2, -0.15) is 0 Å². The van der Waals surface area contributed by atoms with Crippen LogP contribution in [0.15, 0.2) is 24.3 Å². The van der Waals surface area contributed by atoms with Gasteiger partial charge in [0.1, 0.15) is 0 Å². The predicted molar refractivity (Wildman–Crippen MR) is 56.1 cm³/mol. The molecule has 0 heterocycles. The van der Waals surface area contributed by atoms with Crippen LogP contribution >= 0.6 is 0 Å². The molecule has 0 rings (SSSR count). The maximum Gasteiger partial charge on any atom is 0.328 e. The van der Waals surface area contributed by atoms with Crippen molar-refractivity contribution in [2.75, 3.05) is 0 Å². The lowest BCUT2D eigenvalue weighted by Crippen LogP contribution is -2.00. The summed E-state index contributed by atoms with van der Waals surface area (Å²) in [5.41, 5.74) is 0. The number of aliphatic carboxylic acids is 3. The zero-order chi connectivity index (χ0) is 13.0. The molecule has 0 amide bonds. The molecule has 0 saturated carbocycles. The molecule has 0 saturated heterocycles. The van der Waals surface area contributed by atoms with Gasteiger partial charge in [0.15, 0.2) is 0 Å². The molecule has 0 unspecified atom stereocenters. The summed E-state index contributed by atoms with van der Waals surface area (Å²) in [6, 6.07) is 0. The average Bonchev–Trinajstić information content (AvgIpc) is 2.16. The Balaban J connectivity index is 0. The maximum absolute atomic E-state index is 9.75. The third kappa shape index (κ3) is 22.7. The first-order valence-electron chi connectivity index (χ1n) is 4.36. The molecular weight excluding hydrogens is 216 g/mol. The van der Waals surface area contributed by atoms with E-state index in [4.69, 9.17) is 15.3 Å². The van der Waals surface area contributed by atoms with Crippen LogP contribution in [0.3, 0.4) is 0 Å². The molecule has 6 heteroatoms. The Labute approximate surface area is 92.5 Å². The van der Waals surface area contributed by atoms with Crippen LogP contribution in [-0.2, 0) is 14.4 Å². The van der Waals surface area contributed by atoms with Gasteiger partial charge in [0, 0.05) is 6.08 Å². The number of carboxylic acids is 3. The van der Waals surface area contributed by atoms with Crippen LogP contribution in [0.2, 0.25) is 0 Å². The van der Waals surface area contributed by atoms with Crippen molar-refractivity contribution in [2.45, 2.75) is 19.8 Å². The van der Waals surface area contributed by atoms with E-state index in [9.17, 15) is 14.4 Å². The molecule has 0 spiro atoms. The normalized spacial score (nSPS) is 9.81. The van der Waals surface area contributed by atoms with E-state index in [-0.39, 0.29) is 12.8 Å². The van der Waals surface area contributed by atoms with Gasteiger partial charge in [0.25, 0.3) is 0 Å². The SMILES string of the molecule is C/C=C/C=C/C(=O)O.O=C(O)CCC(=O)O. The summed E-state index contributed by atoms with van der Waals surface area (Å²) in [7, 11) is 0. The maximum atomic E-state index is 9.75. The molecular formula is C10H14O6. The first kappa shape index (κ1) is 16.3.